The van der Waals surface area contributed by atoms with E-state index in [-0.39, 0.29) is 17.6 Å². The van der Waals surface area contributed by atoms with E-state index in [9.17, 15) is 13.6 Å². The molecule has 1 amide bonds. The zero-order chi connectivity index (χ0) is 26.7. The van der Waals surface area contributed by atoms with Crippen molar-refractivity contribution < 1.29 is 18.3 Å². The Morgan fingerprint density at radius 1 is 1.19 bits per heavy atom. The molecule has 4 heterocycles. The summed E-state index contributed by atoms with van der Waals surface area (Å²) in [6.45, 7) is 7.12. The fraction of sp³-hybridized carbons (Fsp3) is 0.462. The van der Waals surface area contributed by atoms with Gasteiger partial charge in [0, 0.05) is 37.1 Å². The molecule has 3 aromatic heterocycles. The van der Waals surface area contributed by atoms with E-state index in [2.05, 4.69) is 43.0 Å². The number of fused-ring (bicyclic) bond motifs is 1. The van der Waals surface area contributed by atoms with Crippen LogP contribution in [0.1, 0.15) is 55.9 Å². The Bertz CT molecular complexity index is 1280. The maximum Gasteiger partial charge on any atom is 0.388 e. The number of aryl methyl sites for hydroxylation is 3. The first-order chi connectivity index (χ1) is 17.6. The van der Waals surface area contributed by atoms with Gasteiger partial charge in [-0.25, -0.2) is 19.9 Å². The number of halogens is 2. The number of alkyl halides is 2. The quantitative estimate of drug-likeness (QED) is 0.477. The van der Waals surface area contributed by atoms with Crippen molar-refractivity contribution >= 4 is 11.7 Å². The van der Waals surface area contributed by atoms with E-state index in [1.165, 1.54) is 6.07 Å². The third-order valence-electron chi connectivity index (χ3n) is 6.56. The van der Waals surface area contributed by atoms with Crippen molar-refractivity contribution in [3.05, 3.63) is 53.4 Å². The average Bonchev–Trinajstić information content (AvgIpc) is 2.85. The second kappa shape index (κ2) is 10.7. The molecule has 0 aliphatic carbocycles. The number of pyridine rings is 1. The molecule has 3 aromatic rings. The summed E-state index contributed by atoms with van der Waals surface area (Å²) in [6.07, 6.45) is 5.00. The van der Waals surface area contributed by atoms with E-state index in [0.29, 0.717) is 24.6 Å². The normalized spacial score (nSPS) is 17.6. The molecule has 11 heteroatoms. The average molecular weight is 512 g/mol. The highest BCUT2D eigenvalue weighted by atomic mass is 19.3. The Labute approximate surface area is 214 Å². The van der Waals surface area contributed by atoms with Gasteiger partial charge in [-0.3, -0.25) is 4.79 Å². The molecule has 0 saturated heterocycles. The standard InChI is InChI=1S/C26H31F2N7O2/c1-6-35(24(36)15(2)20-13-21(37-25(27)28)33-17(4)32-20)14-26(5)9-8-18-12-19(16(3)31-22(18)34-26)23-29-10-7-11-30-23/h7,10-13,15,25H,6,8-9,14H2,1-5H3,(H,31,34)/t15-,26+/m0/s1. The fourth-order valence-corrected chi connectivity index (χ4v) is 4.59. The number of nitrogens with zero attached hydrogens (tertiary/aromatic N) is 6. The number of carbonyl (C=O) groups excluding carboxylic acids is 1. The van der Waals surface area contributed by atoms with Crippen LogP contribution in [0, 0.1) is 13.8 Å². The van der Waals surface area contributed by atoms with Gasteiger partial charge >= 0.3 is 6.61 Å². The number of hydrogen-bond acceptors (Lipinski definition) is 8. The van der Waals surface area contributed by atoms with Crippen molar-refractivity contribution in [3.8, 4) is 17.3 Å². The minimum absolute atomic E-state index is 0.155. The first-order valence-corrected chi connectivity index (χ1v) is 12.2. The topological polar surface area (TPSA) is 106 Å². The second-order valence-corrected chi connectivity index (χ2v) is 9.52. The van der Waals surface area contributed by atoms with E-state index in [0.717, 1.165) is 35.5 Å². The van der Waals surface area contributed by atoms with Gasteiger partial charge in [0.2, 0.25) is 11.8 Å². The summed E-state index contributed by atoms with van der Waals surface area (Å²) in [5, 5.41) is 3.56. The molecule has 0 bridgehead atoms. The van der Waals surface area contributed by atoms with Crippen LogP contribution in [0.4, 0.5) is 14.6 Å². The van der Waals surface area contributed by atoms with Gasteiger partial charge in [-0.05, 0) is 65.2 Å². The van der Waals surface area contributed by atoms with Crippen LogP contribution >= 0.6 is 0 Å². The van der Waals surface area contributed by atoms with Crippen LogP contribution in [0.25, 0.3) is 11.4 Å². The lowest BCUT2D eigenvalue weighted by Gasteiger charge is -2.40. The molecule has 0 saturated carbocycles. The van der Waals surface area contributed by atoms with Crippen molar-refractivity contribution in [2.75, 3.05) is 18.4 Å². The summed E-state index contributed by atoms with van der Waals surface area (Å²) in [5.41, 5.74) is 2.73. The molecule has 9 nitrogen and oxygen atoms in total. The number of hydrogen-bond donors (Lipinski definition) is 1. The predicted molar refractivity (Wildman–Crippen MR) is 134 cm³/mol. The SMILES string of the molecule is CCN(C[C@@]1(C)CCc2cc(-c3ncccn3)c(C)nc2N1)C(=O)[C@@H](C)c1cc(OC(F)F)nc(C)n1. The third kappa shape index (κ3) is 5.98. The summed E-state index contributed by atoms with van der Waals surface area (Å²) in [4.78, 5) is 36.9. The predicted octanol–water partition coefficient (Wildman–Crippen LogP) is 4.32. The van der Waals surface area contributed by atoms with E-state index >= 15 is 0 Å². The van der Waals surface area contributed by atoms with Crippen LogP contribution in [0.5, 0.6) is 5.88 Å². The Morgan fingerprint density at radius 3 is 2.59 bits per heavy atom. The van der Waals surface area contributed by atoms with Gasteiger partial charge in [0.15, 0.2) is 5.82 Å². The highest BCUT2D eigenvalue weighted by Gasteiger charge is 2.35. The zero-order valence-electron chi connectivity index (χ0n) is 21.6. The summed E-state index contributed by atoms with van der Waals surface area (Å²) < 4.78 is 29.8. The first-order valence-electron chi connectivity index (χ1n) is 12.2. The largest absolute Gasteiger partial charge is 0.417 e. The lowest BCUT2D eigenvalue weighted by Crippen LogP contribution is -2.51. The summed E-state index contributed by atoms with van der Waals surface area (Å²) >= 11 is 0. The summed E-state index contributed by atoms with van der Waals surface area (Å²) in [5.74, 6) is 0.632. The van der Waals surface area contributed by atoms with Gasteiger partial charge in [-0.2, -0.15) is 13.8 Å². The maximum absolute atomic E-state index is 13.5. The van der Waals surface area contributed by atoms with Crippen LogP contribution in [0.3, 0.4) is 0 Å². The van der Waals surface area contributed by atoms with Crippen molar-refractivity contribution in [3.63, 3.8) is 0 Å². The molecule has 0 aromatic carbocycles. The number of anilines is 1. The van der Waals surface area contributed by atoms with Crippen LogP contribution < -0.4 is 10.1 Å². The Balaban J connectivity index is 1.51. The second-order valence-electron chi connectivity index (χ2n) is 9.52. The van der Waals surface area contributed by atoms with Crippen LogP contribution in [-0.2, 0) is 11.2 Å². The van der Waals surface area contributed by atoms with E-state index in [1.807, 2.05) is 13.8 Å². The Hall–Kier alpha value is -3.76. The summed E-state index contributed by atoms with van der Waals surface area (Å²) in [6, 6.07) is 5.16. The van der Waals surface area contributed by atoms with Crippen molar-refractivity contribution in [1.82, 2.24) is 29.8 Å². The maximum atomic E-state index is 13.5. The molecule has 0 spiro atoms. The van der Waals surface area contributed by atoms with Gasteiger partial charge < -0.3 is 15.0 Å². The van der Waals surface area contributed by atoms with Gasteiger partial charge in [0.1, 0.15) is 11.6 Å². The number of nitrogens with one attached hydrogen (secondary N) is 1. The summed E-state index contributed by atoms with van der Waals surface area (Å²) in [7, 11) is 0. The number of carbonyl (C=O) groups is 1. The van der Waals surface area contributed by atoms with Gasteiger partial charge in [0.25, 0.3) is 0 Å². The lowest BCUT2D eigenvalue weighted by molar-refractivity contribution is -0.133. The fourth-order valence-electron chi connectivity index (χ4n) is 4.59. The molecule has 2 atom stereocenters. The molecule has 1 aliphatic heterocycles. The number of likely N-dealkylation sites (N-methyl/N-ethyl adjacent to an activating group) is 1. The Kier molecular flexibility index (Phi) is 7.60. The van der Waals surface area contributed by atoms with Gasteiger partial charge in [0.05, 0.1) is 22.8 Å². The molecule has 0 unspecified atom stereocenters. The monoisotopic (exact) mass is 511 g/mol. The number of amides is 1. The Morgan fingerprint density at radius 2 is 1.92 bits per heavy atom. The van der Waals surface area contributed by atoms with Crippen molar-refractivity contribution in [1.29, 1.82) is 0 Å². The van der Waals surface area contributed by atoms with Crippen LogP contribution in [0.15, 0.2) is 30.6 Å². The molecule has 196 valence electrons. The third-order valence-corrected chi connectivity index (χ3v) is 6.56. The zero-order valence-corrected chi connectivity index (χ0v) is 21.6. The van der Waals surface area contributed by atoms with Crippen molar-refractivity contribution in [2.45, 2.75) is 65.5 Å². The molecule has 0 fully saturated rings. The van der Waals surface area contributed by atoms with Crippen LogP contribution in [-0.4, -0.2) is 61.0 Å². The molecule has 1 N–H and O–H groups in total. The van der Waals surface area contributed by atoms with E-state index < -0.39 is 18.1 Å². The smallest absolute Gasteiger partial charge is 0.388 e. The minimum atomic E-state index is -3.01. The van der Waals surface area contributed by atoms with E-state index in [4.69, 9.17) is 4.98 Å². The van der Waals surface area contributed by atoms with Crippen molar-refractivity contribution in [2.24, 2.45) is 0 Å². The minimum Gasteiger partial charge on any atom is -0.417 e. The number of rotatable bonds is 8. The molecule has 0 radical (unpaired) electrons. The molecule has 4 rings (SSSR count). The first kappa shape index (κ1) is 26.3. The van der Waals surface area contributed by atoms with E-state index in [1.54, 1.807) is 37.2 Å². The lowest BCUT2D eigenvalue weighted by atomic mass is 9.87. The molecular formula is C26H31F2N7O2. The highest BCUT2D eigenvalue weighted by Crippen LogP contribution is 2.34. The molecule has 37 heavy (non-hydrogen) atoms. The van der Waals surface area contributed by atoms with Crippen LogP contribution in [0.2, 0.25) is 0 Å². The number of aromatic nitrogens is 5. The molecule has 1 aliphatic rings. The molecular weight excluding hydrogens is 480 g/mol. The van der Waals surface area contributed by atoms with Gasteiger partial charge in [-0.15, -0.1) is 0 Å². The van der Waals surface area contributed by atoms with Gasteiger partial charge in [-0.1, -0.05) is 0 Å². The number of ether oxygens (including phenoxy) is 1. The highest BCUT2D eigenvalue weighted by molar-refractivity contribution is 5.83.